The maximum absolute atomic E-state index is 12.6. The van der Waals surface area contributed by atoms with E-state index in [-0.39, 0.29) is 18.5 Å². The normalized spacial score (nSPS) is 12.5. The highest BCUT2D eigenvalue weighted by molar-refractivity contribution is 7.92. The van der Waals surface area contributed by atoms with Crippen molar-refractivity contribution in [1.82, 2.24) is 5.32 Å². The van der Waals surface area contributed by atoms with E-state index in [0.29, 0.717) is 5.69 Å². The van der Waals surface area contributed by atoms with Crippen LogP contribution in [0.5, 0.6) is 0 Å². The van der Waals surface area contributed by atoms with Gasteiger partial charge in [0, 0.05) is 0 Å². The number of carbonyl (C=O) groups is 1. The van der Waals surface area contributed by atoms with Crippen LogP contribution in [0.2, 0.25) is 0 Å². The van der Waals surface area contributed by atoms with Gasteiger partial charge in [0.05, 0.1) is 18.0 Å². The van der Waals surface area contributed by atoms with Gasteiger partial charge in [0.1, 0.15) is 6.54 Å². The standard InChI is InChI=1S/C21H28N2O3S/c1-6-18-10-12-19(13-11-18)17(4)22-21(24)14-23(27(5,25)26)20-9-7-8-15(2)16(20)3/h7-13,17H,6,14H2,1-5H3,(H,22,24)/t17-/m0/s1. The van der Waals surface area contributed by atoms with E-state index in [1.807, 2.05) is 51.1 Å². The SMILES string of the molecule is CCc1ccc([C@H](C)NC(=O)CN(c2cccc(C)c2C)S(C)(=O)=O)cc1. The number of sulfonamides is 1. The minimum Gasteiger partial charge on any atom is -0.348 e. The molecule has 2 rings (SSSR count). The van der Waals surface area contributed by atoms with Crippen LogP contribution < -0.4 is 9.62 Å². The topological polar surface area (TPSA) is 66.5 Å². The molecular weight excluding hydrogens is 360 g/mol. The molecule has 0 bridgehead atoms. The summed E-state index contributed by atoms with van der Waals surface area (Å²) >= 11 is 0. The van der Waals surface area contributed by atoms with Gasteiger partial charge in [-0.05, 0) is 55.5 Å². The molecule has 146 valence electrons. The Labute approximate surface area is 162 Å². The maximum atomic E-state index is 12.6. The van der Waals surface area contributed by atoms with Gasteiger partial charge in [-0.25, -0.2) is 8.42 Å². The fourth-order valence-electron chi connectivity index (χ4n) is 2.93. The summed E-state index contributed by atoms with van der Waals surface area (Å²) in [7, 11) is -3.59. The lowest BCUT2D eigenvalue weighted by atomic mass is 10.0. The van der Waals surface area contributed by atoms with Crippen LogP contribution in [0.4, 0.5) is 5.69 Å². The summed E-state index contributed by atoms with van der Waals surface area (Å²) in [4.78, 5) is 12.6. The fraction of sp³-hybridized carbons (Fsp3) is 0.381. The largest absolute Gasteiger partial charge is 0.348 e. The molecule has 0 unspecified atom stereocenters. The van der Waals surface area contributed by atoms with E-state index in [0.717, 1.165) is 33.7 Å². The third-order valence-corrected chi connectivity index (χ3v) is 5.92. The van der Waals surface area contributed by atoms with Gasteiger partial charge in [-0.3, -0.25) is 9.10 Å². The first-order valence-corrected chi connectivity index (χ1v) is 10.9. The molecule has 0 fully saturated rings. The van der Waals surface area contributed by atoms with Crippen LogP contribution in [0.15, 0.2) is 42.5 Å². The molecule has 1 N–H and O–H groups in total. The predicted molar refractivity (Wildman–Crippen MR) is 110 cm³/mol. The van der Waals surface area contributed by atoms with E-state index < -0.39 is 10.0 Å². The van der Waals surface area contributed by atoms with Gasteiger partial charge in [0.15, 0.2) is 0 Å². The highest BCUT2D eigenvalue weighted by Crippen LogP contribution is 2.25. The van der Waals surface area contributed by atoms with E-state index in [1.54, 1.807) is 12.1 Å². The van der Waals surface area contributed by atoms with Crippen LogP contribution in [0, 0.1) is 13.8 Å². The summed E-state index contributed by atoms with van der Waals surface area (Å²) in [6.07, 6.45) is 2.08. The fourth-order valence-corrected chi connectivity index (χ4v) is 3.84. The molecule has 2 aromatic carbocycles. The van der Waals surface area contributed by atoms with Crippen molar-refractivity contribution in [3.8, 4) is 0 Å². The van der Waals surface area contributed by atoms with E-state index >= 15 is 0 Å². The van der Waals surface area contributed by atoms with E-state index in [4.69, 9.17) is 0 Å². The first-order chi connectivity index (χ1) is 12.6. The molecule has 0 spiro atoms. The van der Waals surface area contributed by atoms with Gasteiger partial charge in [0.25, 0.3) is 0 Å². The minimum absolute atomic E-state index is 0.205. The monoisotopic (exact) mass is 388 g/mol. The molecule has 27 heavy (non-hydrogen) atoms. The summed E-state index contributed by atoms with van der Waals surface area (Å²) in [5.74, 6) is -0.339. The Balaban J connectivity index is 2.17. The molecular formula is C21H28N2O3S. The van der Waals surface area contributed by atoms with Gasteiger partial charge in [-0.15, -0.1) is 0 Å². The highest BCUT2D eigenvalue weighted by Gasteiger charge is 2.23. The molecule has 0 aliphatic heterocycles. The average Bonchev–Trinajstić information content (AvgIpc) is 2.61. The number of hydrogen-bond acceptors (Lipinski definition) is 3. The van der Waals surface area contributed by atoms with Crippen molar-refractivity contribution in [2.75, 3.05) is 17.1 Å². The van der Waals surface area contributed by atoms with Crippen molar-refractivity contribution in [2.24, 2.45) is 0 Å². The zero-order chi connectivity index (χ0) is 20.2. The van der Waals surface area contributed by atoms with Gasteiger partial charge in [-0.1, -0.05) is 43.3 Å². The lowest BCUT2D eigenvalue weighted by Crippen LogP contribution is -2.41. The highest BCUT2D eigenvalue weighted by atomic mass is 32.2. The molecule has 2 aromatic rings. The number of rotatable bonds is 7. The molecule has 0 aromatic heterocycles. The summed E-state index contributed by atoms with van der Waals surface area (Å²) in [6.45, 7) is 7.51. The van der Waals surface area contributed by atoms with E-state index in [2.05, 4.69) is 12.2 Å². The molecule has 5 nitrogen and oxygen atoms in total. The van der Waals surface area contributed by atoms with Gasteiger partial charge in [-0.2, -0.15) is 0 Å². The molecule has 0 aliphatic rings. The van der Waals surface area contributed by atoms with Crippen molar-refractivity contribution in [1.29, 1.82) is 0 Å². The maximum Gasteiger partial charge on any atom is 0.241 e. The second kappa shape index (κ2) is 8.57. The smallest absolute Gasteiger partial charge is 0.241 e. The number of aryl methyl sites for hydroxylation is 2. The summed E-state index contributed by atoms with van der Waals surface area (Å²) in [5.41, 5.74) is 4.58. The number of anilines is 1. The molecule has 0 saturated carbocycles. The van der Waals surface area contributed by atoms with Crippen LogP contribution in [0.3, 0.4) is 0 Å². The molecule has 0 saturated heterocycles. The number of carbonyl (C=O) groups excluding carboxylic acids is 1. The number of benzene rings is 2. The average molecular weight is 389 g/mol. The Morgan fingerprint density at radius 1 is 1.11 bits per heavy atom. The van der Waals surface area contributed by atoms with Crippen molar-refractivity contribution < 1.29 is 13.2 Å². The van der Waals surface area contributed by atoms with Crippen molar-refractivity contribution >= 4 is 21.6 Å². The molecule has 6 heteroatoms. The van der Waals surface area contributed by atoms with E-state index in [9.17, 15) is 13.2 Å². The lowest BCUT2D eigenvalue weighted by molar-refractivity contribution is -0.120. The van der Waals surface area contributed by atoms with Crippen LogP contribution in [0.25, 0.3) is 0 Å². The van der Waals surface area contributed by atoms with Gasteiger partial charge in [0.2, 0.25) is 15.9 Å². The zero-order valence-corrected chi connectivity index (χ0v) is 17.4. The number of nitrogens with one attached hydrogen (secondary N) is 1. The predicted octanol–water partition coefficient (Wildman–Crippen LogP) is 3.51. The Kier molecular flexibility index (Phi) is 6.65. The minimum atomic E-state index is -3.59. The second-order valence-corrected chi connectivity index (χ2v) is 8.78. The summed E-state index contributed by atoms with van der Waals surface area (Å²) in [5, 5.41) is 2.90. The Morgan fingerprint density at radius 3 is 2.30 bits per heavy atom. The van der Waals surface area contributed by atoms with Gasteiger partial charge < -0.3 is 5.32 Å². The molecule has 0 heterocycles. The number of hydrogen-bond donors (Lipinski definition) is 1. The van der Waals surface area contributed by atoms with E-state index in [1.165, 1.54) is 5.56 Å². The summed E-state index contributed by atoms with van der Waals surface area (Å²) < 4.78 is 25.8. The third-order valence-electron chi connectivity index (χ3n) is 4.80. The quantitative estimate of drug-likeness (QED) is 0.789. The first kappa shape index (κ1) is 21.0. The van der Waals surface area contributed by atoms with Crippen molar-refractivity contribution in [3.05, 3.63) is 64.7 Å². The first-order valence-electron chi connectivity index (χ1n) is 9.05. The van der Waals surface area contributed by atoms with Crippen LogP contribution >= 0.6 is 0 Å². The van der Waals surface area contributed by atoms with Gasteiger partial charge >= 0.3 is 0 Å². The number of amides is 1. The second-order valence-electron chi connectivity index (χ2n) is 6.87. The Bertz CT molecular complexity index is 906. The molecule has 0 aliphatic carbocycles. The molecule has 1 atom stereocenters. The molecule has 1 amide bonds. The van der Waals surface area contributed by atoms with Crippen LogP contribution in [-0.2, 0) is 21.2 Å². The Morgan fingerprint density at radius 2 is 1.74 bits per heavy atom. The van der Waals surface area contributed by atoms with Crippen molar-refractivity contribution in [2.45, 2.75) is 40.2 Å². The zero-order valence-electron chi connectivity index (χ0n) is 16.6. The molecule has 0 radical (unpaired) electrons. The van der Waals surface area contributed by atoms with Crippen LogP contribution in [0.1, 0.15) is 42.1 Å². The Hall–Kier alpha value is -2.34. The third kappa shape index (κ3) is 5.32. The lowest BCUT2D eigenvalue weighted by Gasteiger charge is -2.25. The van der Waals surface area contributed by atoms with Crippen LogP contribution in [-0.4, -0.2) is 27.1 Å². The summed E-state index contributed by atoms with van der Waals surface area (Å²) in [6, 6.07) is 13.3. The number of nitrogens with zero attached hydrogens (tertiary/aromatic N) is 1. The van der Waals surface area contributed by atoms with Crippen molar-refractivity contribution in [3.63, 3.8) is 0 Å².